The van der Waals surface area contributed by atoms with Crippen LogP contribution in [0.4, 0.5) is 8.78 Å². The maximum Gasteiger partial charge on any atom is 0.137 e. The van der Waals surface area contributed by atoms with Crippen LogP contribution >= 0.6 is 27.5 Å². The SMILES string of the molecule is COc1ccc(C(Cl)c2cccc(F)c2Br)c(F)c1. The molecule has 0 bridgehead atoms. The van der Waals surface area contributed by atoms with Gasteiger partial charge in [-0.2, -0.15) is 0 Å². The average Bonchev–Trinajstić information content (AvgIpc) is 2.41. The number of alkyl halides is 1. The Morgan fingerprint density at radius 2 is 1.84 bits per heavy atom. The van der Waals surface area contributed by atoms with Gasteiger partial charge in [-0.25, -0.2) is 8.78 Å². The molecule has 0 aliphatic carbocycles. The molecule has 1 atom stereocenters. The van der Waals surface area contributed by atoms with Crippen LogP contribution in [0.2, 0.25) is 0 Å². The molecule has 100 valence electrons. The molecular weight excluding hydrogens is 338 g/mol. The monoisotopic (exact) mass is 346 g/mol. The maximum atomic E-state index is 13.9. The summed E-state index contributed by atoms with van der Waals surface area (Å²) in [6.45, 7) is 0. The van der Waals surface area contributed by atoms with Crippen molar-refractivity contribution >= 4 is 27.5 Å². The van der Waals surface area contributed by atoms with Crippen molar-refractivity contribution in [3.05, 3.63) is 63.6 Å². The number of hydrogen-bond donors (Lipinski definition) is 0. The van der Waals surface area contributed by atoms with Crippen molar-refractivity contribution in [3.63, 3.8) is 0 Å². The molecule has 0 amide bonds. The van der Waals surface area contributed by atoms with Crippen molar-refractivity contribution in [2.45, 2.75) is 5.38 Å². The molecule has 0 saturated carbocycles. The van der Waals surface area contributed by atoms with Crippen molar-refractivity contribution in [2.75, 3.05) is 7.11 Å². The summed E-state index contributed by atoms with van der Waals surface area (Å²) < 4.78 is 32.6. The van der Waals surface area contributed by atoms with Crippen molar-refractivity contribution in [1.29, 1.82) is 0 Å². The second-order valence-electron chi connectivity index (χ2n) is 3.89. The first kappa shape index (κ1) is 14.3. The Morgan fingerprint density at radius 3 is 2.47 bits per heavy atom. The Hall–Kier alpha value is -1.13. The Labute approximate surface area is 123 Å². The molecule has 1 nitrogen and oxygen atoms in total. The fourth-order valence-corrected chi connectivity index (χ4v) is 2.71. The first-order valence-corrected chi connectivity index (χ1v) is 6.69. The molecule has 2 aromatic carbocycles. The molecule has 5 heteroatoms. The largest absolute Gasteiger partial charge is 0.497 e. The highest BCUT2D eigenvalue weighted by Gasteiger charge is 2.19. The van der Waals surface area contributed by atoms with E-state index in [-0.39, 0.29) is 10.0 Å². The maximum absolute atomic E-state index is 13.9. The summed E-state index contributed by atoms with van der Waals surface area (Å²) in [5.41, 5.74) is 0.750. The molecule has 0 saturated heterocycles. The van der Waals surface area contributed by atoms with Crippen LogP contribution in [0, 0.1) is 11.6 Å². The molecule has 2 aromatic rings. The Morgan fingerprint density at radius 1 is 1.11 bits per heavy atom. The van der Waals surface area contributed by atoms with E-state index >= 15 is 0 Å². The van der Waals surface area contributed by atoms with Gasteiger partial charge < -0.3 is 4.74 Å². The molecule has 0 spiro atoms. The molecule has 1 unspecified atom stereocenters. The van der Waals surface area contributed by atoms with Gasteiger partial charge in [-0.1, -0.05) is 18.2 Å². The second-order valence-corrected chi connectivity index (χ2v) is 5.12. The van der Waals surface area contributed by atoms with Gasteiger partial charge in [-0.05, 0) is 33.6 Å². The highest BCUT2D eigenvalue weighted by molar-refractivity contribution is 9.10. The van der Waals surface area contributed by atoms with Gasteiger partial charge in [-0.15, -0.1) is 11.6 Å². The van der Waals surface area contributed by atoms with Gasteiger partial charge >= 0.3 is 0 Å². The predicted molar refractivity (Wildman–Crippen MR) is 74.7 cm³/mol. The quantitative estimate of drug-likeness (QED) is 0.705. The Bertz CT molecular complexity index is 604. The minimum absolute atomic E-state index is 0.241. The molecule has 0 N–H and O–H groups in total. The normalized spacial score (nSPS) is 12.3. The van der Waals surface area contributed by atoms with Gasteiger partial charge in [0.25, 0.3) is 0 Å². The van der Waals surface area contributed by atoms with Crippen LogP contribution in [0.5, 0.6) is 5.75 Å². The third-order valence-corrected chi connectivity index (χ3v) is 4.04. The molecule has 19 heavy (non-hydrogen) atoms. The lowest BCUT2D eigenvalue weighted by Crippen LogP contribution is -2.00. The van der Waals surface area contributed by atoms with Gasteiger partial charge in [-0.3, -0.25) is 0 Å². The molecule has 0 aliphatic rings. The molecule has 0 aliphatic heterocycles. The summed E-state index contributed by atoms with van der Waals surface area (Å²) in [7, 11) is 1.45. The molecular formula is C14H10BrClF2O. The number of hydrogen-bond acceptors (Lipinski definition) is 1. The topological polar surface area (TPSA) is 9.23 Å². The number of halogens is 4. The lowest BCUT2D eigenvalue weighted by Gasteiger charge is -2.14. The zero-order valence-electron chi connectivity index (χ0n) is 9.96. The van der Waals surface area contributed by atoms with E-state index < -0.39 is 17.0 Å². The number of methoxy groups -OCH3 is 1. The van der Waals surface area contributed by atoms with E-state index in [0.29, 0.717) is 11.3 Å². The van der Waals surface area contributed by atoms with E-state index in [1.54, 1.807) is 12.1 Å². The Kier molecular flexibility index (Phi) is 4.42. The van der Waals surface area contributed by atoms with E-state index in [4.69, 9.17) is 16.3 Å². The van der Waals surface area contributed by atoms with E-state index in [9.17, 15) is 8.78 Å². The van der Waals surface area contributed by atoms with E-state index in [2.05, 4.69) is 15.9 Å². The molecule has 0 fully saturated rings. The van der Waals surface area contributed by atoms with Crippen LogP contribution in [0.1, 0.15) is 16.5 Å². The third-order valence-electron chi connectivity index (χ3n) is 2.74. The highest BCUT2D eigenvalue weighted by atomic mass is 79.9. The van der Waals surface area contributed by atoms with Crippen molar-refractivity contribution in [1.82, 2.24) is 0 Å². The Balaban J connectivity index is 2.44. The fraction of sp³-hybridized carbons (Fsp3) is 0.143. The van der Waals surface area contributed by atoms with Gasteiger partial charge in [0.15, 0.2) is 0 Å². The number of rotatable bonds is 3. The minimum Gasteiger partial charge on any atom is -0.497 e. The van der Waals surface area contributed by atoms with E-state index in [0.717, 1.165) is 0 Å². The fourth-order valence-electron chi connectivity index (χ4n) is 1.72. The van der Waals surface area contributed by atoms with Crippen molar-refractivity contribution in [2.24, 2.45) is 0 Å². The minimum atomic E-state index is -0.781. The van der Waals surface area contributed by atoms with Crippen molar-refractivity contribution in [3.8, 4) is 5.75 Å². The summed E-state index contributed by atoms with van der Waals surface area (Å²) in [5, 5.41) is -0.781. The summed E-state index contributed by atoms with van der Waals surface area (Å²) in [6.07, 6.45) is 0. The van der Waals surface area contributed by atoms with Gasteiger partial charge in [0.2, 0.25) is 0 Å². The van der Waals surface area contributed by atoms with Crippen LogP contribution in [0.25, 0.3) is 0 Å². The lowest BCUT2D eigenvalue weighted by atomic mass is 10.0. The standard InChI is InChI=1S/C14H10BrClF2O/c1-19-8-5-6-9(12(18)7-8)14(16)10-3-2-4-11(17)13(10)15/h2-7,14H,1H3. The molecule has 0 radical (unpaired) electrons. The lowest BCUT2D eigenvalue weighted by molar-refractivity contribution is 0.410. The molecule has 0 heterocycles. The van der Waals surface area contributed by atoms with Gasteiger partial charge in [0.05, 0.1) is 17.0 Å². The summed E-state index contributed by atoms with van der Waals surface area (Å²) in [5.74, 6) is -0.518. The van der Waals surface area contributed by atoms with E-state index in [1.165, 1.54) is 31.4 Å². The van der Waals surface area contributed by atoms with Crippen LogP contribution in [0.3, 0.4) is 0 Å². The molecule has 2 rings (SSSR count). The second kappa shape index (κ2) is 5.88. The van der Waals surface area contributed by atoms with Crippen LogP contribution < -0.4 is 4.74 Å². The number of ether oxygens (including phenoxy) is 1. The highest BCUT2D eigenvalue weighted by Crippen LogP contribution is 2.36. The van der Waals surface area contributed by atoms with Crippen LogP contribution in [-0.2, 0) is 0 Å². The summed E-state index contributed by atoms with van der Waals surface area (Å²) in [6, 6.07) is 8.88. The first-order chi connectivity index (χ1) is 9.04. The van der Waals surface area contributed by atoms with Gasteiger partial charge in [0, 0.05) is 11.6 Å². The van der Waals surface area contributed by atoms with Crippen molar-refractivity contribution < 1.29 is 13.5 Å². The zero-order chi connectivity index (χ0) is 14.0. The summed E-state index contributed by atoms with van der Waals surface area (Å²) >= 11 is 9.36. The molecule has 0 aromatic heterocycles. The third kappa shape index (κ3) is 2.90. The van der Waals surface area contributed by atoms with E-state index in [1.807, 2.05) is 0 Å². The predicted octanol–water partition coefficient (Wildman–Crippen LogP) is 5.06. The zero-order valence-corrected chi connectivity index (χ0v) is 12.3. The van der Waals surface area contributed by atoms with Gasteiger partial charge in [0.1, 0.15) is 17.4 Å². The first-order valence-electron chi connectivity index (χ1n) is 5.46. The smallest absolute Gasteiger partial charge is 0.137 e. The average molecular weight is 348 g/mol. The number of benzene rings is 2. The van der Waals surface area contributed by atoms with Crippen LogP contribution in [0.15, 0.2) is 40.9 Å². The van der Waals surface area contributed by atoms with Crippen LogP contribution in [-0.4, -0.2) is 7.11 Å². The summed E-state index contributed by atoms with van der Waals surface area (Å²) in [4.78, 5) is 0.